The van der Waals surface area contributed by atoms with Crippen molar-refractivity contribution < 1.29 is 4.74 Å². The number of guanidine groups is 1. The number of ether oxygens (including phenoxy) is 1. The molecule has 1 atom stereocenters. The van der Waals surface area contributed by atoms with Gasteiger partial charge in [-0.05, 0) is 47.4 Å². The van der Waals surface area contributed by atoms with Crippen LogP contribution >= 0.6 is 23.1 Å². The van der Waals surface area contributed by atoms with E-state index >= 15 is 0 Å². The lowest BCUT2D eigenvalue weighted by atomic mass is 9.99. The lowest BCUT2D eigenvalue weighted by Crippen LogP contribution is -2.48. The molecule has 2 rings (SSSR count). The van der Waals surface area contributed by atoms with Crippen LogP contribution in [0.1, 0.15) is 31.2 Å². The van der Waals surface area contributed by atoms with Crippen LogP contribution in [0.5, 0.6) is 0 Å². The van der Waals surface area contributed by atoms with Crippen molar-refractivity contribution in [1.82, 2.24) is 10.6 Å². The van der Waals surface area contributed by atoms with Crippen LogP contribution in [0.4, 0.5) is 0 Å². The van der Waals surface area contributed by atoms with Gasteiger partial charge in [0.25, 0.3) is 0 Å². The molecular weight excluding hydrogens is 314 g/mol. The molecule has 1 unspecified atom stereocenters. The molecule has 0 spiro atoms. The zero-order chi connectivity index (χ0) is 15.8. The van der Waals surface area contributed by atoms with Gasteiger partial charge in [-0.15, -0.1) is 0 Å². The smallest absolute Gasteiger partial charge is 0.191 e. The molecule has 4 nitrogen and oxygen atoms in total. The molecule has 1 aromatic heterocycles. The van der Waals surface area contributed by atoms with Crippen LogP contribution in [0.2, 0.25) is 0 Å². The van der Waals surface area contributed by atoms with E-state index in [4.69, 9.17) is 4.74 Å². The van der Waals surface area contributed by atoms with E-state index < -0.39 is 0 Å². The van der Waals surface area contributed by atoms with E-state index in [0.717, 1.165) is 45.1 Å². The highest BCUT2D eigenvalue weighted by atomic mass is 32.2. The molecule has 22 heavy (non-hydrogen) atoms. The maximum atomic E-state index is 5.49. The second kappa shape index (κ2) is 8.79. The fourth-order valence-electron chi connectivity index (χ4n) is 2.58. The molecule has 1 aliphatic heterocycles. The summed E-state index contributed by atoms with van der Waals surface area (Å²) in [6.45, 7) is 5.80. The number of hydrogen-bond acceptors (Lipinski definition) is 4. The van der Waals surface area contributed by atoms with Crippen LogP contribution in [0, 0.1) is 0 Å². The third-order valence-electron chi connectivity index (χ3n) is 4.33. The molecular formula is C16H27N3OS2. The molecule has 1 aliphatic rings. The number of thiophene rings is 1. The van der Waals surface area contributed by atoms with Crippen molar-refractivity contribution in [2.24, 2.45) is 4.99 Å². The molecule has 1 aromatic rings. The summed E-state index contributed by atoms with van der Waals surface area (Å²) >= 11 is 3.70. The predicted octanol–water partition coefficient (Wildman–Crippen LogP) is 2.93. The molecule has 0 radical (unpaired) electrons. The van der Waals surface area contributed by atoms with Gasteiger partial charge < -0.3 is 15.4 Å². The Labute approximate surface area is 142 Å². The first-order chi connectivity index (χ1) is 10.7. The zero-order valence-corrected chi connectivity index (χ0v) is 15.4. The minimum atomic E-state index is 0.273. The number of rotatable bonds is 6. The van der Waals surface area contributed by atoms with Gasteiger partial charge >= 0.3 is 0 Å². The summed E-state index contributed by atoms with van der Waals surface area (Å²) in [5.41, 5.74) is 1.39. The average molecular weight is 342 g/mol. The number of nitrogens with one attached hydrogen (secondary N) is 2. The van der Waals surface area contributed by atoms with Crippen molar-refractivity contribution in [2.45, 2.75) is 30.4 Å². The van der Waals surface area contributed by atoms with Gasteiger partial charge in [0, 0.05) is 38.1 Å². The van der Waals surface area contributed by atoms with Gasteiger partial charge in [0.2, 0.25) is 0 Å². The second-order valence-corrected chi connectivity index (χ2v) is 7.82. The van der Waals surface area contributed by atoms with Crippen LogP contribution in [0.25, 0.3) is 0 Å². The van der Waals surface area contributed by atoms with Gasteiger partial charge in [0.1, 0.15) is 0 Å². The Morgan fingerprint density at radius 2 is 2.23 bits per heavy atom. The van der Waals surface area contributed by atoms with Crippen LogP contribution in [0.3, 0.4) is 0 Å². The van der Waals surface area contributed by atoms with E-state index in [0.29, 0.717) is 5.92 Å². The van der Waals surface area contributed by atoms with Crippen molar-refractivity contribution >= 4 is 29.1 Å². The Bertz CT molecular complexity index is 456. The van der Waals surface area contributed by atoms with E-state index in [1.165, 1.54) is 5.56 Å². The largest absolute Gasteiger partial charge is 0.381 e. The molecule has 2 heterocycles. The van der Waals surface area contributed by atoms with Gasteiger partial charge in [-0.1, -0.05) is 6.92 Å². The van der Waals surface area contributed by atoms with E-state index in [-0.39, 0.29) is 4.75 Å². The first kappa shape index (κ1) is 17.6. The Kier molecular flexibility index (Phi) is 7.05. The lowest BCUT2D eigenvalue weighted by Gasteiger charge is -2.36. The molecule has 1 fully saturated rings. The van der Waals surface area contributed by atoms with E-state index in [9.17, 15) is 0 Å². The molecule has 0 saturated carbocycles. The molecule has 124 valence electrons. The fraction of sp³-hybridized carbons (Fsp3) is 0.688. The third kappa shape index (κ3) is 4.89. The normalized spacial score (nSPS) is 19.7. The number of hydrogen-bond donors (Lipinski definition) is 2. The monoisotopic (exact) mass is 341 g/mol. The highest BCUT2D eigenvalue weighted by Gasteiger charge is 2.31. The van der Waals surface area contributed by atoms with Crippen molar-refractivity contribution in [2.75, 3.05) is 39.6 Å². The van der Waals surface area contributed by atoms with Crippen molar-refractivity contribution in [3.63, 3.8) is 0 Å². The standard InChI is InChI=1S/C16H27N3OS2/c1-13(14-4-9-22-11-14)10-18-15(17-2)19-12-16(21-3)5-7-20-8-6-16/h4,9,11,13H,5-8,10,12H2,1-3H3,(H2,17,18,19). The Balaban J connectivity index is 1.79. The lowest BCUT2D eigenvalue weighted by molar-refractivity contribution is 0.0783. The molecule has 0 amide bonds. The van der Waals surface area contributed by atoms with E-state index in [1.807, 2.05) is 18.8 Å². The zero-order valence-electron chi connectivity index (χ0n) is 13.7. The third-order valence-corrected chi connectivity index (χ3v) is 6.45. The summed E-state index contributed by atoms with van der Waals surface area (Å²) in [6.07, 6.45) is 4.40. The molecule has 0 aliphatic carbocycles. The van der Waals surface area contributed by atoms with Crippen LogP contribution < -0.4 is 10.6 Å². The van der Waals surface area contributed by atoms with Crippen molar-refractivity contribution in [3.05, 3.63) is 22.4 Å². The van der Waals surface area contributed by atoms with Gasteiger partial charge in [-0.3, -0.25) is 4.99 Å². The summed E-state index contributed by atoms with van der Waals surface area (Å²) in [6, 6.07) is 2.19. The molecule has 0 bridgehead atoms. The Morgan fingerprint density at radius 3 is 2.82 bits per heavy atom. The van der Waals surface area contributed by atoms with Gasteiger partial charge in [-0.25, -0.2) is 0 Å². The Hall–Kier alpha value is -0.720. The molecule has 1 saturated heterocycles. The van der Waals surface area contributed by atoms with E-state index in [2.05, 4.69) is 45.6 Å². The summed E-state index contributed by atoms with van der Waals surface area (Å²) in [4.78, 5) is 4.35. The van der Waals surface area contributed by atoms with Crippen molar-refractivity contribution in [3.8, 4) is 0 Å². The summed E-state index contributed by atoms with van der Waals surface area (Å²) in [5.74, 6) is 1.38. The quantitative estimate of drug-likeness (QED) is 0.617. The van der Waals surface area contributed by atoms with Crippen LogP contribution in [-0.2, 0) is 4.74 Å². The topological polar surface area (TPSA) is 45.7 Å². The Morgan fingerprint density at radius 1 is 1.45 bits per heavy atom. The predicted molar refractivity (Wildman–Crippen MR) is 98.4 cm³/mol. The molecule has 2 N–H and O–H groups in total. The van der Waals surface area contributed by atoms with E-state index in [1.54, 1.807) is 11.3 Å². The van der Waals surface area contributed by atoms with Gasteiger partial charge in [0.15, 0.2) is 5.96 Å². The second-order valence-electron chi connectivity index (χ2n) is 5.76. The fourth-order valence-corrected chi connectivity index (χ4v) is 4.16. The molecule has 0 aromatic carbocycles. The summed E-state index contributed by atoms with van der Waals surface area (Å²) < 4.78 is 5.77. The summed E-state index contributed by atoms with van der Waals surface area (Å²) in [7, 11) is 1.83. The maximum Gasteiger partial charge on any atom is 0.191 e. The first-order valence-electron chi connectivity index (χ1n) is 7.78. The molecule has 6 heteroatoms. The number of thioether (sulfide) groups is 1. The van der Waals surface area contributed by atoms with Crippen molar-refractivity contribution in [1.29, 1.82) is 0 Å². The minimum absolute atomic E-state index is 0.273. The van der Waals surface area contributed by atoms with Gasteiger partial charge in [-0.2, -0.15) is 23.1 Å². The maximum absolute atomic E-state index is 5.49. The van der Waals surface area contributed by atoms with Crippen LogP contribution in [0.15, 0.2) is 21.8 Å². The SMILES string of the molecule is CN=C(NCC(C)c1ccsc1)NCC1(SC)CCOCC1. The highest BCUT2D eigenvalue weighted by Crippen LogP contribution is 2.32. The first-order valence-corrected chi connectivity index (χ1v) is 9.95. The highest BCUT2D eigenvalue weighted by molar-refractivity contribution is 8.00. The summed E-state index contributed by atoms with van der Waals surface area (Å²) in [5, 5.41) is 11.3. The average Bonchev–Trinajstić information content (AvgIpc) is 3.10. The number of aliphatic imine (C=N–C) groups is 1. The van der Waals surface area contributed by atoms with Gasteiger partial charge in [0.05, 0.1) is 0 Å². The number of nitrogens with zero attached hydrogens (tertiary/aromatic N) is 1. The minimum Gasteiger partial charge on any atom is -0.381 e. The van der Waals surface area contributed by atoms with Crippen LogP contribution in [-0.4, -0.2) is 50.3 Å².